The maximum atomic E-state index is 12.3. The number of aromatic nitrogens is 2. The van der Waals surface area contributed by atoms with Gasteiger partial charge in [0.05, 0.1) is 12.8 Å². The molecule has 2 aromatic heterocycles. The van der Waals surface area contributed by atoms with Crippen LogP contribution in [0.4, 0.5) is 0 Å². The van der Waals surface area contributed by atoms with Gasteiger partial charge in [-0.05, 0) is 57.2 Å². The SMILES string of the molecule is CCOc1ccc(OCc2ccc(C(=O)NCc3cnn(CC)c3C)o2)cc1. The summed E-state index contributed by atoms with van der Waals surface area (Å²) in [7, 11) is 0. The van der Waals surface area contributed by atoms with Crippen LogP contribution in [-0.4, -0.2) is 22.3 Å². The Balaban J connectivity index is 1.51. The number of aryl methyl sites for hydroxylation is 1. The van der Waals surface area contributed by atoms with Crippen molar-refractivity contribution in [2.75, 3.05) is 6.61 Å². The van der Waals surface area contributed by atoms with Crippen LogP contribution in [0.1, 0.15) is 41.4 Å². The van der Waals surface area contributed by atoms with E-state index < -0.39 is 0 Å². The van der Waals surface area contributed by atoms with Crippen LogP contribution < -0.4 is 14.8 Å². The normalized spacial score (nSPS) is 10.7. The van der Waals surface area contributed by atoms with Gasteiger partial charge in [-0.15, -0.1) is 0 Å². The van der Waals surface area contributed by atoms with Crippen molar-refractivity contribution in [2.24, 2.45) is 0 Å². The molecule has 1 aromatic carbocycles. The highest BCUT2D eigenvalue weighted by atomic mass is 16.5. The van der Waals surface area contributed by atoms with E-state index in [0.717, 1.165) is 23.6 Å². The van der Waals surface area contributed by atoms with Crippen molar-refractivity contribution in [2.45, 2.75) is 40.5 Å². The Morgan fingerprint density at radius 1 is 1.11 bits per heavy atom. The van der Waals surface area contributed by atoms with Crippen molar-refractivity contribution >= 4 is 5.91 Å². The minimum absolute atomic E-state index is 0.240. The van der Waals surface area contributed by atoms with Gasteiger partial charge in [0.2, 0.25) is 0 Å². The van der Waals surface area contributed by atoms with E-state index in [-0.39, 0.29) is 18.3 Å². The Kier molecular flexibility index (Phi) is 6.37. The molecule has 7 heteroatoms. The van der Waals surface area contributed by atoms with Crippen LogP contribution in [0.5, 0.6) is 11.5 Å². The summed E-state index contributed by atoms with van der Waals surface area (Å²) >= 11 is 0. The Morgan fingerprint density at radius 2 is 1.82 bits per heavy atom. The highest BCUT2D eigenvalue weighted by Crippen LogP contribution is 2.19. The molecular weight excluding hydrogens is 358 g/mol. The summed E-state index contributed by atoms with van der Waals surface area (Å²) in [6.07, 6.45) is 1.78. The second-order valence-corrected chi connectivity index (χ2v) is 6.21. The molecule has 2 heterocycles. The van der Waals surface area contributed by atoms with E-state index in [2.05, 4.69) is 10.4 Å². The lowest BCUT2D eigenvalue weighted by Gasteiger charge is -2.06. The van der Waals surface area contributed by atoms with Crippen molar-refractivity contribution in [3.8, 4) is 11.5 Å². The Labute approximate surface area is 164 Å². The summed E-state index contributed by atoms with van der Waals surface area (Å²) in [5.74, 6) is 2.07. The molecule has 0 atom stereocenters. The van der Waals surface area contributed by atoms with E-state index in [1.165, 1.54) is 0 Å². The van der Waals surface area contributed by atoms with E-state index in [1.807, 2.05) is 49.7 Å². The lowest BCUT2D eigenvalue weighted by atomic mass is 10.2. The molecule has 0 saturated heterocycles. The molecule has 28 heavy (non-hydrogen) atoms. The number of benzene rings is 1. The molecule has 148 valence electrons. The number of ether oxygens (including phenoxy) is 2. The highest BCUT2D eigenvalue weighted by Gasteiger charge is 2.13. The number of amides is 1. The number of nitrogens with one attached hydrogen (secondary N) is 1. The van der Waals surface area contributed by atoms with Crippen LogP contribution in [0.3, 0.4) is 0 Å². The first kappa shape index (κ1) is 19.5. The molecule has 0 aliphatic rings. The zero-order valence-corrected chi connectivity index (χ0v) is 16.4. The number of carbonyl (C=O) groups is 1. The smallest absolute Gasteiger partial charge is 0.287 e. The molecule has 0 aliphatic carbocycles. The first-order valence-corrected chi connectivity index (χ1v) is 9.34. The average molecular weight is 383 g/mol. The number of hydrogen-bond donors (Lipinski definition) is 1. The fraction of sp³-hybridized carbons (Fsp3) is 0.333. The fourth-order valence-electron chi connectivity index (χ4n) is 2.77. The highest BCUT2D eigenvalue weighted by molar-refractivity contribution is 5.91. The summed E-state index contributed by atoms with van der Waals surface area (Å²) < 4.78 is 18.6. The summed E-state index contributed by atoms with van der Waals surface area (Å²) in [5, 5.41) is 7.13. The molecule has 0 bridgehead atoms. The summed E-state index contributed by atoms with van der Waals surface area (Å²) in [6, 6.07) is 10.8. The van der Waals surface area contributed by atoms with Crippen LogP contribution in [0.2, 0.25) is 0 Å². The van der Waals surface area contributed by atoms with Crippen molar-refractivity contribution < 1.29 is 18.7 Å². The minimum Gasteiger partial charge on any atom is -0.494 e. The van der Waals surface area contributed by atoms with Crippen LogP contribution in [-0.2, 0) is 19.7 Å². The first-order valence-electron chi connectivity index (χ1n) is 9.34. The van der Waals surface area contributed by atoms with Crippen molar-refractivity contribution in [1.82, 2.24) is 15.1 Å². The van der Waals surface area contributed by atoms with Gasteiger partial charge in [-0.3, -0.25) is 9.48 Å². The van der Waals surface area contributed by atoms with Gasteiger partial charge in [-0.1, -0.05) is 0 Å². The van der Waals surface area contributed by atoms with Gasteiger partial charge in [0.15, 0.2) is 5.76 Å². The average Bonchev–Trinajstić information content (AvgIpc) is 3.32. The van der Waals surface area contributed by atoms with Crippen LogP contribution in [0.25, 0.3) is 0 Å². The molecule has 0 saturated carbocycles. The Bertz CT molecular complexity index is 912. The molecule has 3 aromatic rings. The summed E-state index contributed by atoms with van der Waals surface area (Å²) in [4.78, 5) is 12.3. The quantitative estimate of drug-likeness (QED) is 0.609. The van der Waals surface area contributed by atoms with Crippen LogP contribution >= 0.6 is 0 Å². The largest absolute Gasteiger partial charge is 0.494 e. The lowest BCUT2D eigenvalue weighted by molar-refractivity contribution is 0.0919. The third-order valence-electron chi connectivity index (χ3n) is 4.35. The molecule has 0 spiro atoms. The standard InChI is InChI=1S/C21H25N3O4/c1-4-24-15(3)16(13-23-24)12-22-21(25)20-11-10-19(28-20)14-27-18-8-6-17(7-9-18)26-5-2/h6-11,13H,4-5,12,14H2,1-3H3,(H,22,25). The second-order valence-electron chi connectivity index (χ2n) is 6.21. The molecule has 1 amide bonds. The lowest BCUT2D eigenvalue weighted by Crippen LogP contribution is -2.22. The third kappa shape index (κ3) is 4.73. The number of rotatable bonds is 9. The summed E-state index contributed by atoms with van der Waals surface area (Å²) in [6.45, 7) is 8.03. The van der Waals surface area contributed by atoms with Gasteiger partial charge in [0, 0.05) is 24.3 Å². The van der Waals surface area contributed by atoms with E-state index in [1.54, 1.807) is 18.3 Å². The molecule has 7 nitrogen and oxygen atoms in total. The zero-order valence-electron chi connectivity index (χ0n) is 16.4. The topological polar surface area (TPSA) is 78.5 Å². The van der Waals surface area contributed by atoms with Gasteiger partial charge in [-0.2, -0.15) is 5.10 Å². The predicted molar refractivity (Wildman–Crippen MR) is 104 cm³/mol. The van der Waals surface area contributed by atoms with Crippen molar-refractivity contribution in [3.63, 3.8) is 0 Å². The van der Waals surface area contributed by atoms with E-state index in [9.17, 15) is 4.79 Å². The molecule has 0 fully saturated rings. The molecule has 0 radical (unpaired) electrons. The molecule has 1 N–H and O–H groups in total. The van der Waals surface area contributed by atoms with Crippen LogP contribution in [0, 0.1) is 6.92 Å². The van der Waals surface area contributed by atoms with E-state index >= 15 is 0 Å². The minimum atomic E-state index is -0.268. The number of hydrogen-bond acceptors (Lipinski definition) is 5. The van der Waals surface area contributed by atoms with Gasteiger partial charge in [-0.25, -0.2) is 0 Å². The number of nitrogens with zero attached hydrogens (tertiary/aromatic N) is 2. The fourth-order valence-corrected chi connectivity index (χ4v) is 2.77. The second kappa shape index (κ2) is 9.12. The zero-order chi connectivity index (χ0) is 19.9. The van der Waals surface area contributed by atoms with Gasteiger partial charge in [0.25, 0.3) is 5.91 Å². The Morgan fingerprint density at radius 3 is 2.46 bits per heavy atom. The molecule has 0 unspecified atom stereocenters. The molecule has 0 aliphatic heterocycles. The predicted octanol–water partition coefficient (Wildman–Crippen LogP) is 3.71. The van der Waals surface area contributed by atoms with Crippen molar-refractivity contribution in [1.29, 1.82) is 0 Å². The summed E-state index contributed by atoms with van der Waals surface area (Å²) in [5.41, 5.74) is 2.03. The number of carbonyl (C=O) groups excluding carboxylic acids is 1. The van der Waals surface area contributed by atoms with Crippen LogP contribution in [0.15, 0.2) is 47.0 Å². The van der Waals surface area contributed by atoms with Crippen molar-refractivity contribution in [3.05, 3.63) is 65.4 Å². The van der Waals surface area contributed by atoms with E-state index in [0.29, 0.717) is 24.7 Å². The van der Waals surface area contributed by atoms with Gasteiger partial charge >= 0.3 is 0 Å². The monoisotopic (exact) mass is 383 g/mol. The van der Waals surface area contributed by atoms with Gasteiger partial charge in [0.1, 0.15) is 23.9 Å². The Hall–Kier alpha value is -3.22. The van der Waals surface area contributed by atoms with Gasteiger partial charge < -0.3 is 19.2 Å². The maximum absolute atomic E-state index is 12.3. The molecule has 3 rings (SSSR count). The van der Waals surface area contributed by atoms with E-state index in [4.69, 9.17) is 13.9 Å². The molecular formula is C21H25N3O4. The first-order chi connectivity index (χ1) is 13.6. The maximum Gasteiger partial charge on any atom is 0.287 e. The third-order valence-corrected chi connectivity index (χ3v) is 4.35. The number of furan rings is 1.